The molecule has 20 heavy (non-hydrogen) atoms. The van der Waals surface area contributed by atoms with Crippen LogP contribution in [0.15, 0.2) is 0 Å². The molecule has 2 amide bonds. The second-order valence-electron chi connectivity index (χ2n) is 6.60. The molecular weight excluding hydrogens is 258 g/mol. The summed E-state index contributed by atoms with van der Waals surface area (Å²) in [6.45, 7) is 8.33. The molecule has 0 unspecified atom stereocenters. The van der Waals surface area contributed by atoms with Gasteiger partial charge in [0.25, 0.3) is 0 Å². The number of carbonyl (C=O) groups is 2. The molecule has 1 aliphatic heterocycles. The Morgan fingerprint density at radius 3 is 2.40 bits per heavy atom. The Kier molecular flexibility index (Phi) is 4.52. The van der Waals surface area contributed by atoms with E-state index in [0.717, 1.165) is 19.4 Å². The van der Waals surface area contributed by atoms with Gasteiger partial charge in [-0.3, -0.25) is 4.79 Å². The Bertz CT molecular complexity index is 368. The SMILES string of the molecule is CC(C)(C)OC(=O)N1CC(NCCNC(=O)C2CC2)C1. The molecule has 0 aromatic carbocycles. The molecule has 0 aromatic heterocycles. The van der Waals surface area contributed by atoms with Crippen LogP contribution in [-0.4, -0.2) is 54.7 Å². The van der Waals surface area contributed by atoms with Gasteiger partial charge in [-0.25, -0.2) is 4.79 Å². The maximum atomic E-state index is 11.7. The van der Waals surface area contributed by atoms with Gasteiger partial charge in [0, 0.05) is 38.1 Å². The molecule has 0 aromatic rings. The van der Waals surface area contributed by atoms with Crippen molar-refractivity contribution in [2.75, 3.05) is 26.2 Å². The van der Waals surface area contributed by atoms with E-state index in [-0.39, 0.29) is 17.9 Å². The molecule has 1 saturated heterocycles. The van der Waals surface area contributed by atoms with E-state index in [4.69, 9.17) is 4.74 Å². The second-order valence-corrected chi connectivity index (χ2v) is 6.60. The van der Waals surface area contributed by atoms with Gasteiger partial charge in [0.05, 0.1) is 0 Å². The third-order valence-electron chi connectivity index (χ3n) is 3.34. The highest BCUT2D eigenvalue weighted by molar-refractivity contribution is 5.80. The van der Waals surface area contributed by atoms with Gasteiger partial charge >= 0.3 is 6.09 Å². The quantitative estimate of drug-likeness (QED) is 0.730. The van der Waals surface area contributed by atoms with E-state index in [0.29, 0.717) is 25.7 Å². The fraction of sp³-hybridized carbons (Fsp3) is 0.857. The number of nitrogens with zero attached hydrogens (tertiary/aromatic N) is 1. The van der Waals surface area contributed by atoms with Crippen LogP contribution in [0.4, 0.5) is 4.79 Å². The summed E-state index contributed by atoms with van der Waals surface area (Å²) in [7, 11) is 0. The molecule has 6 nitrogen and oxygen atoms in total. The highest BCUT2D eigenvalue weighted by Crippen LogP contribution is 2.28. The average Bonchev–Trinajstić information content (AvgIpc) is 3.06. The summed E-state index contributed by atoms with van der Waals surface area (Å²) in [4.78, 5) is 24.8. The molecule has 6 heteroatoms. The molecule has 114 valence electrons. The number of amides is 2. The molecular formula is C14H25N3O3. The fourth-order valence-corrected chi connectivity index (χ4v) is 2.04. The van der Waals surface area contributed by atoms with Crippen molar-refractivity contribution in [3.05, 3.63) is 0 Å². The summed E-state index contributed by atoms with van der Waals surface area (Å²) in [5, 5.41) is 6.22. The zero-order valence-corrected chi connectivity index (χ0v) is 12.6. The number of hydrogen-bond acceptors (Lipinski definition) is 4. The normalized spacial score (nSPS) is 19.4. The van der Waals surface area contributed by atoms with Crippen LogP contribution in [0.2, 0.25) is 0 Å². The zero-order chi connectivity index (χ0) is 14.8. The fourth-order valence-electron chi connectivity index (χ4n) is 2.04. The second kappa shape index (κ2) is 5.99. The predicted molar refractivity (Wildman–Crippen MR) is 75.3 cm³/mol. The van der Waals surface area contributed by atoms with Crippen molar-refractivity contribution in [1.29, 1.82) is 0 Å². The van der Waals surface area contributed by atoms with Crippen molar-refractivity contribution < 1.29 is 14.3 Å². The Labute approximate surface area is 120 Å². The van der Waals surface area contributed by atoms with Gasteiger partial charge < -0.3 is 20.3 Å². The van der Waals surface area contributed by atoms with Gasteiger partial charge in [-0.2, -0.15) is 0 Å². The highest BCUT2D eigenvalue weighted by Gasteiger charge is 2.33. The average molecular weight is 283 g/mol. The summed E-state index contributed by atoms with van der Waals surface area (Å²) in [6, 6.07) is 0.306. The van der Waals surface area contributed by atoms with Crippen LogP contribution in [0.1, 0.15) is 33.6 Å². The lowest BCUT2D eigenvalue weighted by atomic mass is 10.1. The highest BCUT2D eigenvalue weighted by atomic mass is 16.6. The maximum absolute atomic E-state index is 11.7. The lowest BCUT2D eigenvalue weighted by Gasteiger charge is -2.40. The monoisotopic (exact) mass is 283 g/mol. The van der Waals surface area contributed by atoms with E-state index in [1.165, 1.54) is 0 Å². The number of nitrogens with one attached hydrogen (secondary N) is 2. The summed E-state index contributed by atoms with van der Waals surface area (Å²) in [6.07, 6.45) is 1.82. The molecule has 1 saturated carbocycles. The molecule has 1 aliphatic carbocycles. The van der Waals surface area contributed by atoms with Crippen molar-refractivity contribution in [3.8, 4) is 0 Å². The van der Waals surface area contributed by atoms with E-state index in [1.54, 1.807) is 4.90 Å². The van der Waals surface area contributed by atoms with E-state index >= 15 is 0 Å². The smallest absolute Gasteiger partial charge is 0.410 e. The molecule has 2 aliphatic rings. The van der Waals surface area contributed by atoms with Crippen LogP contribution in [0.3, 0.4) is 0 Å². The first-order chi connectivity index (χ1) is 9.35. The van der Waals surface area contributed by atoms with Gasteiger partial charge in [-0.15, -0.1) is 0 Å². The number of likely N-dealkylation sites (tertiary alicyclic amines) is 1. The lowest BCUT2D eigenvalue weighted by Crippen LogP contribution is -2.61. The van der Waals surface area contributed by atoms with Gasteiger partial charge in [0.15, 0.2) is 0 Å². The van der Waals surface area contributed by atoms with Crippen molar-refractivity contribution in [1.82, 2.24) is 15.5 Å². The van der Waals surface area contributed by atoms with Crippen LogP contribution in [-0.2, 0) is 9.53 Å². The van der Waals surface area contributed by atoms with Crippen LogP contribution >= 0.6 is 0 Å². The Morgan fingerprint density at radius 2 is 1.85 bits per heavy atom. The van der Waals surface area contributed by atoms with Crippen molar-refractivity contribution in [2.45, 2.75) is 45.3 Å². The van der Waals surface area contributed by atoms with E-state index in [2.05, 4.69) is 10.6 Å². The first-order valence-corrected chi connectivity index (χ1v) is 7.34. The molecule has 0 bridgehead atoms. The lowest BCUT2D eigenvalue weighted by molar-refractivity contribution is -0.122. The molecule has 2 N–H and O–H groups in total. The van der Waals surface area contributed by atoms with Gasteiger partial charge in [0.2, 0.25) is 5.91 Å². The van der Waals surface area contributed by atoms with E-state index in [1.807, 2.05) is 20.8 Å². The van der Waals surface area contributed by atoms with Crippen LogP contribution in [0.25, 0.3) is 0 Å². The van der Waals surface area contributed by atoms with Gasteiger partial charge in [-0.05, 0) is 33.6 Å². The molecule has 0 radical (unpaired) electrons. The molecule has 2 rings (SSSR count). The van der Waals surface area contributed by atoms with Crippen LogP contribution < -0.4 is 10.6 Å². The van der Waals surface area contributed by atoms with Crippen LogP contribution in [0.5, 0.6) is 0 Å². The minimum Gasteiger partial charge on any atom is -0.444 e. The number of carbonyl (C=O) groups excluding carboxylic acids is 2. The third-order valence-corrected chi connectivity index (χ3v) is 3.34. The number of hydrogen-bond donors (Lipinski definition) is 2. The first-order valence-electron chi connectivity index (χ1n) is 7.34. The minimum absolute atomic E-state index is 0.177. The Hall–Kier alpha value is -1.30. The maximum Gasteiger partial charge on any atom is 0.410 e. The number of rotatable bonds is 5. The standard InChI is InChI=1S/C14H25N3O3/c1-14(2,3)20-13(19)17-8-11(9-17)15-6-7-16-12(18)10-4-5-10/h10-11,15H,4-9H2,1-3H3,(H,16,18). The first kappa shape index (κ1) is 15.1. The van der Waals surface area contributed by atoms with E-state index < -0.39 is 5.60 Å². The molecule has 1 heterocycles. The summed E-state index contributed by atoms with van der Waals surface area (Å²) < 4.78 is 5.28. The zero-order valence-electron chi connectivity index (χ0n) is 12.6. The molecule has 0 atom stereocenters. The van der Waals surface area contributed by atoms with E-state index in [9.17, 15) is 9.59 Å². The number of ether oxygens (including phenoxy) is 1. The minimum atomic E-state index is -0.442. The van der Waals surface area contributed by atoms with Crippen LogP contribution in [0, 0.1) is 5.92 Å². The molecule has 2 fully saturated rings. The topological polar surface area (TPSA) is 70.7 Å². The van der Waals surface area contributed by atoms with Gasteiger partial charge in [0.1, 0.15) is 5.60 Å². The molecule has 0 spiro atoms. The summed E-state index contributed by atoms with van der Waals surface area (Å²) in [5.41, 5.74) is -0.442. The van der Waals surface area contributed by atoms with Crippen molar-refractivity contribution in [2.24, 2.45) is 5.92 Å². The van der Waals surface area contributed by atoms with Crippen molar-refractivity contribution in [3.63, 3.8) is 0 Å². The van der Waals surface area contributed by atoms with Crippen molar-refractivity contribution >= 4 is 12.0 Å². The third kappa shape index (κ3) is 4.67. The largest absolute Gasteiger partial charge is 0.444 e. The predicted octanol–water partition coefficient (Wildman–Crippen LogP) is 0.722. The summed E-state index contributed by atoms with van der Waals surface area (Å²) in [5.74, 6) is 0.442. The Balaban J connectivity index is 1.51. The van der Waals surface area contributed by atoms with Gasteiger partial charge in [-0.1, -0.05) is 0 Å². The summed E-state index contributed by atoms with van der Waals surface area (Å²) >= 11 is 0. The Morgan fingerprint density at radius 1 is 1.20 bits per heavy atom.